The highest BCUT2D eigenvalue weighted by molar-refractivity contribution is 6.04. The molecule has 2 aliphatic rings. The number of ketones is 1. The van der Waals surface area contributed by atoms with E-state index in [1.54, 1.807) is 24.3 Å². The summed E-state index contributed by atoms with van der Waals surface area (Å²) in [5.74, 6) is 0.891. The van der Waals surface area contributed by atoms with Crippen LogP contribution in [0.1, 0.15) is 33.6 Å². The fourth-order valence-corrected chi connectivity index (χ4v) is 3.81. The number of hydrogen-bond donors (Lipinski definition) is 2. The normalized spacial score (nSPS) is 32.9. The molecule has 0 heterocycles. The molecule has 3 nitrogen and oxygen atoms in total. The quantitative estimate of drug-likeness (QED) is 0.636. The molecule has 0 radical (unpaired) electrons. The number of hydrogen-bond acceptors (Lipinski definition) is 3. The SMILES string of the molecule is CC1(C)[C@@H]2CC[C@]1(C)C(=O)C2=CNc1ccc(O)cc1. The van der Waals surface area contributed by atoms with Gasteiger partial charge in [0.05, 0.1) is 0 Å². The van der Waals surface area contributed by atoms with Crippen molar-refractivity contribution in [2.24, 2.45) is 16.7 Å². The first-order valence-corrected chi connectivity index (χ1v) is 7.17. The zero-order chi connectivity index (χ0) is 14.5. The van der Waals surface area contributed by atoms with Crippen molar-refractivity contribution >= 4 is 11.5 Å². The molecule has 2 bridgehead atoms. The van der Waals surface area contributed by atoms with Crippen LogP contribution in [0.5, 0.6) is 5.75 Å². The molecule has 0 aliphatic heterocycles. The van der Waals surface area contributed by atoms with Crippen LogP contribution in [0, 0.1) is 16.7 Å². The van der Waals surface area contributed by atoms with Crippen molar-refractivity contribution in [1.82, 2.24) is 0 Å². The maximum Gasteiger partial charge on any atom is 0.167 e. The van der Waals surface area contributed by atoms with Crippen molar-refractivity contribution in [3.05, 3.63) is 36.0 Å². The van der Waals surface area contributed by atoms with Crippen LogP contribution in [0.15, 0.2) is 36.0 Å². The third-order valence-electron chi connectivity index (χ3n) is 5.63. The molecule has 0 spiro atoms. The molecule has 106 valence electrons. The molecule has 2 aliphatic carbocycles. The van der Waals surface area contributed by atoms with E-state index in [1.165, 1.54) is 0 Å². The van der Waals surface area contributed by atoms with Gasteiger partial charge in [0.1, 0.15) is 5.75 Å². The largest absolute Gasteiger partial charge is 0.508 e. The van der Waals surface area contributed by atoms with E-state index in [9.17, 15) is 9.90 Å². The van der Waals surface area contributed by atoms with Crippen molar-refractivity contribution in [2.75, 3.05) is 5.32 Å². The van der Waals surface area contributed by atoms with E-state index in [1.807, 2.05) is 6.20 Å². The molecular formula is C17H21NO2. The summed E-state index contributed by atoms with van der Waals surface area (Å²) in [5.41, 5.74) is 1.65. The summed E-state index contributed by atoms with van der Waals surface area (Å²) in [7, 11) is 0. The Morgan fingerprint density at radius 2 is 1.90 bits per heavy atom. The van der Waals surface area contributed by atoms with E-state index in [2.05, 4.69) is 26.1 Å². The summed E-state index contributed by atoms with van der Waals surface area (Å²) in [6, 6.07) is 6.87. The molecule has 0 unspecified atom stereocenters. The van der Waals surface area contributed by atoms with Crippen LogP contribution in [0.4, 0.5) is 5.69 Å². The molecule has 2 saturated carbocycles. The molecule has 3 rings (SSSR count). The van der Waals surface area contributed by atoms with Gasteiger partial charge in [0.15, 0.2) is 5.78 Å². The Hall–Kier alpha value is -1.77. The van der Waals surface area contributed by atoms with E-state index < -0.39 is 0 Å². The second kappa shape index (κ2) is 4.11. The predicted molar refractivity (Wildman–Crippen MR) is 79.4 cm³/mol. The lowest BCUT2D eigenvalue weighted by molar-refractivity contribution is -0.125. The van der Waals surface area contributed by atoms with Gasteiger partial charge >= 0.3 is 0 Å². The maximum absolute atomic E-state index is 12.6. The number of allylic oxidation sites excluding steroid dienone is 1. The Kier molecular flexibility index (Phi) is 2.72. The lowest BCUT2D eigenvalue weighted by Crippen LogP contribution is -2.32. The minimum Gasteiger partial charge on any atom is -0.508 e. The Morgan fingerprint density at radius 3 is 2.45 bits per heavy atom. The van der Waals surface area contributed by atoms with Gasteiger partial charge in [-0.25, -0.2) is 0 Å². The number of nitrogens with one attached hydrogen (secondary N) is 1. The van der Waals surface area contributed by atoms with Gasteiger partial charge in [-0.15, -0.1) is 0 Å². The molecule has 2 N–H and O–H groups in total. The monoisotopic (exact) mass is 271 g/mol. The average molecular weight is 271 g/mol. The number of phenols is 1. The standard InChI is InChI=1S/C17H21NO2/c1-16(2)14-8-9-17(16,3)15(20)13(14)10-18-11-4-6-12(19)7-5-11/h4-7,10,14,18-19H,8-9H2,1-3H3/t14-,17-/m1/s1. The number of Topliss-reactive ketones (excluding diaryl/α,β-unsaturated/α-hetero) is 1. The highest BCUT2D eigenvalue weighted by Crippen LogP contribution is 2.65. The minimum absolute atomic E-state index is 0.0482. The minimum atomic E-state index is -0.208. The molecule has 3 heteroatoms. The predicted octanol–water partition coefficient (Wildman–Crippen LogP) is 3.71. The van der Waals surface area contributed by atoms with Gasteiger partial charge in [0, 0.05) is 22.9 Å². The maximum atomic E-state index is 12.6. The lowest BCUT2D eigenvalue weighted by atomic mass is 9.70. The van der Waals surface area contributed by atoms with Gasteiger partial charge in [0.25, 0.3) is 0 Å². The first-order chi connectivity index (χ1) is 9.36. The van der Waals surface area contributed by atoms with Crippen LogP contribution >= 0.6 is 0 Å². The third kappa shape index (κ3) is 1.62. The van der Waals surface area contributed by atoms with Crippen molar-refractivity contribution < 1.29 is 9.90 Å². The summed E-state index contributed by atoms with van der Waals surface area (Å²) in [6.07, 6.45) is 3.96. The third-order valence-corrected chi connectivity index (χ3v) is 5.63. The van der Waals surface area contributed by atoms with Crippen LogP contribution in [0.3, 0.4) is 0 Å². The number of phenolic OH excluding ortho intramolecular Hbond substituents is 1. The van der Waals surface area contributed by atoms with Gasteiger partial charge in [-0.2, -0.15) is 0 Å². The molecule has 20 heavy (non-hydrogen) atoms. The van der Waals surface area contributed by atoms with Gasteiger partial charge in [-0.1, -0.05) is 20.8 Å². The number of carbonyl (C=O) groups is 1. The average Bonchev–Trinajstić information content (AvgIpc) is 2.71. The highest BCUT2D eigenvalue weighted by Gasteiger charge is 2.63. The van der Waals surface area contributed by atoms with E-state index >= 15 is 0 Å². The molecule has 1 aromatic carbocycles. The van der Waals surface area contributed by atoms with Crippen molar-refractivity contribution in [3.8, 4) is 5.75 Å². The summed E-state index contributed by atoms with van der Waals surface area (Å²) >= 11 is 0. The Balaban J connectivity index is 1.87. The summed E-state index contributed by atoms with van der Waals surface area (Å²) < 4.78 is 0. The summed E-state index contributed by atoms with van der Waals surface area (Å²) in [5, 5.41) is 12.5. The fraction of sp³-hybridized carbons (Fsp3) is 0.471. The smallest absolute Gasteiger partial charge is 0.167 e. The van der Waals surface area contributed by atoms with Crippen LogP contribution in [0.2, 0.25) is 0 Å². The lowest BCUT2D eigenvalue weighted by Gasteiger charge is -2.31. The zero-order valence-corrected chi connectivity index (χ0v) is 12.2. The Morgan fingerprint density at radius 1 is 1.25 bits per heavy atom. The summed E-state index contributed by atoms with van der Waals surface area (Å²) in [6.45, 7) is 6.53. The van der Waals surface area contributed by atoms with Gasteiger partial charge in [0.2, 0.25) is 0 Å². The zero-order valence-electron chi connectivity index (χ0n) is 12.2. The molecule has 1 aromatic rings. The number of rotatable bonds is 2. The van der Waals surface area contributed by atoms with Gasteiger partial charge in [-0.05, 0) is 48.4 Å². The van der Waals surface area contributed by atoms with Crippen molar-refractivity contribution in [3.63, 3.8) is 0 Å². The highest BCUT2D eigenvalue weighted by atomic mass is 16.3. The number of fused-ring (bicyclic) bond motifs is 2. The molecular weight excluding hydrogens is 250 g/mol. The van der Waals surface area contributed by atoms with Gasteiger partial charge in [-0.3, -0.25) is 4.79 Å². The first-order valence-electron chi connectivity index (χ1n) is 7.17. The number of carbonyl (C=O) groups excluding carboxylic acids is 1. The Labute approximate surface area is 119 Å². The molecule has 0 amide bonds. The van der Waals surface area contributed by atoms with E-state index in [4.69, 9.17) is 0 Å². The van der Waals surface area contributed by atoms with E-state index in [-0.39, 0.29) is 16.6 Å². The summed E-state index contributed by atoms with van der Waals surface area (Å²) in [4.78, 5) is 12.6. The number of benzene rings is 1. The van der Waals surface area contributed by atoms with Crippen LogP contribution in [0.25, 0.3) is 0 Å². The first kappa shape index (κ1) is 13.2. The molecule has 0 aromatic heterocycles. The Bertz CT molecular complexity index is 586. The fourth-order valence-electron chi connectivity index (χ4n) is 3.81. The van der Waals surface area contributed by atoms with Crippen LogP contribution < -0.4 is 5.32 Å². The second-order valence-corrected chi connectivity index (χ2v) is 6.77. The van der Waals surface area contributed by atoms with E-state index in [0.717, 1.165) is 24.1 Å². The van der Waals surface area contributed by atoms with Crippen molar-refractivity contribution in [1.29, 1.82) is 0 Å². The van der Waals surface area contributed by atoms with E-state index in [0.29, 0.717) is 11.7 Å². The molecule has 0 saturated heterocycles. The number of aromatic hydroxyl groups is 1. The van der Waals surface area contributed by atoms with Crippen LogP contribution in [-0.2, 0) is 4.79 Å². The second-order valence-electron chi connectivity index (χ2n) is 6.77. The van der Waals surface area contributed by atoms with Crippen molar-refractivity contribution in [2.45, 2.75) is 33.6 Å². The van der Waals surface area contributed by atoms with Crippen LogP contribution in [-0.4, -0.2) is 10.9 Å². The molecule has 2 fully saturated rings. The topological polar surface area (TPSA) is 49.3 Å². The molecule has 2 atom stereocenters. The van der Waals surface area contributed by atoms with Gasteiger partial charge < -0.3 is 10.4 Å². The number of anilines is 1.